The minimum Gasteiger partial charge on any atom is -0.207 e. The minimum atomic E-state index is -1.67. The number of hydrogen-bond donors (Lipinski definition) is 0. The van der Waals surface area contributed by atoms with Crippen molar-refractivity contribution in [2.45, 2.75) is 20.0 Å². The number of benzene rings is 2. The second-order valence-electron chi connectivity index (χ2n) is 5.00. The maximum absolute atomic E-state index is 12.9. The molecule has 0 amide bonds. The van der Waals surface area contributed by atoms with E-state index < -0.39 is 8.07 Å². The fourth-order valence-electron chi connectivity index (χ4n) is 2.00. The molecule has 0 bridgehead atoms. The number of hydrogen-bond acceptors (Lipinski definition) is 0. The van der Waals surface area contributed by atoms with E-state index in [0.29, 0.717) is 0 Å². The molecule has 0 atom stereocenters. The van der Waals surface area contributed by atoms with Crippen LogP contribution in [0.15, 0.2) is 48.5 Å². The predicted octanol–water partition coefficient (Wildman–Crippen LogP) is 2.96. The quantitative estimate of drug-likeness (QED) is 0.713. The first-order valence-corrected chi connectivity index (χ1v) is 8.83. The highest BCUT2D eigenvalue weighted by molar-refractivity contribution is 7.00. The van der Waals surface area contributed by atoms with Gasteiger partial charge < -0.3 is 0 Å². The molecule has 0 aliphatic rings. The van der Waals surface area contributed by atoms with Crippen molar-refractivity contribution in [1.29, 1.82) is 0 Å². The van der Waals surface area contributed by atoms with Crippen molar-refractivity contribution in [3.05, 3.63) is 59.9 Å². The summed E-state index contributed by atoms with van der Waals surface area (Å²) in [7, 11) is -1.67. The summed E-state index contributed by atoms with van der Waals surface area (Å²) < 4.78 is 12.9. The van der Waals surface area contributed by atoms with Gasteiger partial charge in [-0.15, -0.1) is 0 Å². The van der Waals surface area contributed by atoms with Crippen LogP contribution in [0.4, 0.5) is 4.39 Å². The fourth-order valence-corrected chi connectivity index (χ4v) is 4.34. The van der Waals surface area contributed by atoms with Crippen LogP contribution in [0.1, 0.15) is 5.56 Å². The summed E-state index contributed by atoms with van der Waals surface area (Å²) in [5, 5.41) is 2.65. The van der Waals surface area contributed by atoms with Crippen LogP contribution in [-0.4, -0.2) is 8.07 Å². The summed E-state index contributed by atoms with van der Waals surface area (Å²) in [6.45, 7) is 6.69. The van der Waals surface area contributed by atoms with E-state index in [-0.39, 0.29) is 5.82 Å². The smallest absolute Gasteiger partial charge is 0.123 e. The Morgan fingerprint density at radius 1 is 0.765 bits per heavy atom. The molecule has 0 fully saturated rings. The maximum Gasteiger partial charge on any atom is 0.123 e. The monoisotopic (exact) mass is 244 g/mol. The van der Waals surface area contributed by atoms with Gasteiger partial charge in [0, 0.05) is 0 Å². The number of halogens is 1. The van der Waals surface area contributed by atoms with Crippen molar-refractivity contribution >= 4 is 18.4 Å². The summed E-state index contributed by atoms with van der Waals surface area (Å²) >= 11 is 0. The molecular formula is C15H17FSi. The highest BCUT2D eigenvalue weighted by Gasteiger charge is 2.25. The molecule has 0 N–H and O–H groups in total. The van der Waals surface area contributed by atoms with Gasteiger partial charge in [0.2, 0.25) is 0 Å². The van der Waals surface area contributed by atoms with Gasteiger partial charge in [-0.2, -0.15) is 0 Å². The first-order chi connectivity index (χ1) is 8.00. The molecule has 0 aromatic heterocycles. The summed E-state index contributed by atoms with van der Waals surface area (Å²) in [6.07, 6.45) is 0. The summed E-state index contributed by atoms with van der Waals surface area (Å²) in [6, 6.07) is 15.6. The Hall–Kier alpha value is -1.41. The predicted molar refractivity (Wildman–Crippen MR) is 74.3 cm³/mol. The molecule has 2 aromatic carbocycles. The fraction of sp³-hybridized carbons (Fsp3) is 0.200. The third-order valence-electron chi connectivity index (χ3n) is 3.34. The molecule has 2 aromatic rings. The molecule has 0 radical (unpaired) electrons. The SMILES string of the molecule is Cc1ccc([Si](C)(C)c2ccc(F)cc2)cc1. The van der Waals surface area contributed by atoms with E-state index >= 15 is 0 Å². The van der Waals surface area contributed by atoms with E-state index in [1.165, 1.54) is 15.9 Å². The third-order valence-corrected chi connectivity index (χ3v) is 6.89. The van der Waals surface area contributed by atoms with Crippen molar-refractivity contribution in [3.8, 4) is 0 Å². The Labute approximate surface area is 103 Å². The van der Waals surface area contributed by atoms with Gasteiger partial charge in [0.15, 0.2) is 0 Å². The Morgan fingerprint density at radius 2 is 1.18 bits per heavy atom. The molecule has 2 heteroatoms. The van der Waals surface area contributed by atoms with Gasteiger partial charge in [0.05, 0.1) is 0 Å². The molecule has 0 saturated carbocycles. The van der Waals surface area contributed by atoms with Crippen LogP contribution in [0.25, 0.3) is 0 Å². The van der Waals surface area contributed by atoms with Crippen LogP contribution in [0.2, 0.25) is 13.1 Å². The zero-order valence-electron chi connectivity index (χ0n) is 10.5. The van der Waals surface area contributed by atoms with Crippen LogP contribution in [-0.2, 0) is 0 Å². The van der Waals surface area contributed by atoms with Gasteiger partial charge in [-0.05, 0) is 19.1 Å². The van der Waals surface area contributed by atoms with Gasteiger partial charge in [-0.25, -0.2) is 4.39 Å². The first-order valence-electron chi connectivity index (χ1n) is 5.83. The van der Waals surface area contributed by atoms with Crippen LogP contribution in [0, 0.1) is 12.7 Å². The van der Waals surface area contributed by atoms with Gasteiger partial charge in [0.1, 0.15) is 13.9 Å². The van der Waals surface area contributed by atoms with E-state index in [2.05, 4.69) is 44.3 Å². The lowest BCUT2D eigenvalue weighted by Gasteiger charge is -2.23. The summed E-state index contributed by atoms with van der Waals surface area (Å²) in [5.41, 5.74) is 1.28. The average molecular weight is 244 g/mol. The molecule has 0 nitrogen and oxygen atoms in total. The summed E-state index contributed by atoms with van der Waals surface area (Å²) in [5.74, 6) is -0.164. The molecule has 88 valence electrons. The van der Waals surface area contributed by atoms with Crippen LogP contribution in [0.5, 0.6) is 0 Å². The van der Waals surface area contributed by atoms with Crippen molar-refractivity contribution in [1.82, 2.24) is 0 Å². The van der Waals surface area contributed by atoms with Crippen molar-refractivity contribution in [2.75, 3.05) is 0 Å². The van der Waals surface area contributed by atoms with Gasteiger partial charge in [-0.1, -0.05) is 65.4 Å². The molecule has 17 heavy (non-hydrogen) atoms. The second-order valence-corrected chi connectivity index (χ2v) is 9.40. The van der Waals surface area contributed by atoms with Crippen molar-refractivity contribution in [3.63, 3.8) is 0 Å². The number of rotatable bonds is 2. The summed E-state index contributed by atoms with van der Waals surface area (Å²) in [4.78, 5) is 0. The highest BCUT2D eigenvalue weighted by atomic mass is 28.3. The van der Waals surface area contributed by atoms with Gasteiger partial charge >= 0.3 is 0 Å². The Kier molecular flexibility index (Phi) is 3.16. The zero-order valence-corrected chi connectivity index (χ0v) is 11.5. The Bertz CT molecular complexity index is 450. The van der Waals surface area contributed by atoms with Crippen LogP contribution >= 0.6 is 0 Å². The van der Waals surface area contributed by atoms with Gasteiger partial charge in [0.25, 0.3) is 0 Å². The zero-order chi connectivity index (χ0) is 12.5. The second kappa shape index (κ2) is 4.45. The third kappa shape index (κ3) is 2.47. The lowest BCUT2D eigenvalue weighted by atomic mass is 10.2. The molecule has 0 unspecified atom stereocenters. The molecule has 0 heterocycles. The van der Waals surface area contributed by atoms with Crippen molar-refractivity contribution in [2.24, 2.45) is 0 Å². The van der Waals surface area contributed by atoms with Crippen LogP contribution in [0.3, 0.4) is 0 Å². The van der Waals surface area contributed by atoms with Gasteiger partial charge in [-0.3, -0.25) is 0 Å². The topological polar surface area (TPSA) is 0 Å². The Balaban J connectivity index is 2.41. The van der Waals surface area contributed by atoms with E-state index in [9.17, 15) is 4.39 Å². The normalized spacial score (nSPS) is 11.5. The molecule has 2 rings (SSSR count). The Morgan fingerprint density at radius 3 is 1.65 bits per heavy atom. The molecule has 0 aliphatic carbocycles. The molecule has 0 spiro atoms. The highest BCUT2D eigenvalue weighted by Crippen LogP contribution is 2.06. The van der Waals surface area contributed by atoms with E-state index in [1.54, 1.807) is 12.1 Å². The lowest BCUT2D eigenvalue weighted by molar-refractivity contribution is 0.628. The average Bonchev–Trinajstić information content (AvgIpc) is 2.30. The molecule has 0 saturated heterocycles. The first kappa shape index (κ1) is 12.1. The molecular weight excluding hydrogens is 227 g/mol. The molecule has 0 aliphatic heterocycles. The standard InChI is InChI=1S/C15H17FSi/c1-12-4-8-14(9-5-12)17(2,3)15-10-6-13(16)7-11-15/h4-11H,1-3H3. The van der Waals surface area contributed by atoms with E-state index in [4.69, 9.17) is 0 Å². The largest absolute Gasteiger partial charge is 0.207 e. The van der Waals surface area contributed by atoms with E-state index in [0.717, 1.165) is 0 Å². The van der Waals surface area contributed by atoms with Crippen LogP contribution < -0.4 is 10.4 Å². The number of aryl methyl sites for hydroxylation is 1. The maximum atomic E-state index is 12.9. The minimum absolute atomic E-state index is 0.164. The van der Waals surface area contributed by atoms with E-state index in [1.807, 2.05) is 12.1 Å². The van der Waals surface area contributed by atoms with Crippen molar-refractivity contribution < 1.29 is 4.39 Å². The lowest BCUT2D eigenvalue weighted by Crippen LogP contribution is -2.52.